The molecule has 0 saturated carbocycles. The van der Waals surface area contributed by atoms with Gasteiger partial charge in [0.1, 0.15) is 11.6 Å². The molecular formula is C17H21FN2O2. The molecule has 0 aliphatic heterocycles. The van der Waals surface area contributed by atoms with Crippen LogP contribution in [0.2, 0.25) is 0 Å². The molecule has 22 heavy (non-hydrogen) atoms. The first kappa shape index (κ1) is 16.3. The summed E-state index contributed by atoms with van der Waals surface area (Å²) in [5, 5.41) is 9.18. The third kappa shape index (κ3) is 4.44. The van der Waals surface area contributed by atoms with Crippen LogP contribution in [-0.2, 0) is 6.54 Å². The number of rotatable bonds is 7. The van der Waals surface area contributed by atoms with Crippen molar-refractivity contribution in [2.75, 3.05) is 25.2 Å². The van der Waals surface area contributed by atoms with Gasteiger partial charge < -0.3 is 20.5 Å². The Morgan fingerprint density at radius 3 is 2.55 bits per heavy atom. The molecule has 2 aromatic rings. The number of benzene rings is 2. The average Bonchev–Trinajstić information content (AvgIpc) is 2.54. The van der Waals surface area contributed by atoms with Gasteiger partial charge >= 0.3 is 0 Å². The van der Waals surface area contributed by atoms with Gasteiger partial charge in [-0.25, -0.2) is 4.39 Å². The van der Waals surface area contributed by atoms with Crippen LogP contribution in [0.1, 0.15) is 5.56 Å². The first-order chi connectivity index (χ1) is 10.6. The van der Waals surface area contributed by atoms with Crippen molar-refractivity contribution in [3.05, 3.63) is 59.9 Å². The molecule has 0 aliphatic rings. The lowest BCUT2D eigenvalue weighted by Crippen LogP contribution is -2.39. The van der Waals surface area contributed by atoms with E-state index >= 15 is 0 Å². The Bertz CT molecular complexity index is 589. The Hall–Kier alpha value is -2.11. The number of nitrogens with two attached hydrogens (primary N) is 1. The van der Waals surface area contributed by atoms with Crippen LogP contribution in [0.5, 0.6) is 5.75 Å². The topological polar surface area (TPSA) is 58.7 Å². The van der Waals surface area contributed by atoms with Crippen LogP contribution in [0.15, 0.2) is 48.5 Å². The molecule has 3 N–H and O–H groups in total. The van der Waals surface area contributed by atoms with E-state index < -0.39 is 0 Å². The van der Waals surface area contributed by atoms with Crippen molar-refractivity contribution in [3.8, 4) is 5.75 Å². The van der Waals surface area contributed by atoms with Crippen molar-refractivity contribution in [2.45, 2.75) is 12.6 Å². The Labute approximate surface area is 129 Å². The lowest BCUT2D eigenvalue weighted by atomic mass is 10.1. The van der Waals surface area contributed by atoms with Gasteiger partial charge in [-0.15, -0.1) is 0 Å². The van der Waals surface area contributed by atoms with Crippen molar-refractivity contribution in [3.63, 3.8) is 0 Å². The molecule has 0 saturated heterocycles. The van der Waals surface area contributed by atoms with Crippen molar-refractivity contribution in [1.82, 2.24) is 0 Å². The summed E-state index contributed by atoms with van der Waals surface area (Å²) in [6.45, 7) is 0.890. The molecule has 0 radical (unpaired) electrons. The molecule has 2 rings (SSSR count). The Morgan fingerprint density at radius 1 is 1.23 bits per heavy atom. The highest BCUT2D eigenvalue weighted by atomic mass is 19.1. The molecule has 1 atom stereocenters. The molecule has 118 valence electrons. The van der Waals surface area contributed by atoms with Gasteiger partial charge in [-0.2, -0.15) is 0 Å². The first-order valence-corrected chi connectivity index (χ1v) is 7.12. The number of methoxy groups -OCH3 is 1. The quantitative estimate of drug-likeness (QED) is 0.823. The van der Waals surface area contributed by atoms with Crippen LogP contribution in [-0.4, -0.2) is 31.4 Å². The summed E-state index contributed by atoms with van der Waals surface area (Å²) < 4.78 is 18.6. The molecule has 2 aromatic carbocycles. The zero-order valence-electron chi connectivity index (χ0n) is 12.6. The molecule has 0 spiro atoms. The number of aliphatic hydroxyl groups excluding tert-OH is 1. The molecule has 0 aromatic heterocycles. The van der Waals surface area contributed by atoms with E-state index in [9.17, 15) is 9.50 Å². The second-order valence-electron chi connectivity index (χ2n) is 5.15. The summed E-state index contributed by atoms with van der Waals surface area (Å²) in [6, 6.07) is 13.6. The normalized spacial score (nSPS) is 12.0. The van der Waals surface area contributed by atoms with Gasteiger partial charge in [0.25, 0.3) is 0 Å². The summed E-state index contributed by atoms with van der Waals surface area (Å²) in [7, 11) is 1.62. The van der Waals surface area contributed by atoms with E-state index in [-0.39, 0.29) is 18.5 Å². The number of anilines is 1. The van der Waals surface area contributed by atoms with E-state index in [0.717, 1.165) is 17.0 Å². The summed E-state index contributed by atoms with van der Waals surface area (Å²) in [5.74, 6) is 0.489. The van der Waals surface area contributed by atoms with Gasteiger partial charge in [0.2, 0.25) is 0 Å². The van der Waals surface area contributed by atoms with Crippen molar-refractivity contribution < 1.29 is 14.2 Å². The maximum atomic E-state index is 13.5. The number of nitrogens with zero attached hydrogens (tertiary/aromatic N) is 1. The predicted octanol–water partition coefficient (Wildman–Crippen LogP) is 2.16. The largest absolute Gasteiger partial charge is 0.497 e. The standard InChI is InChI=1S/C17H21FN2O2/c1-22-17-7-5-13(6-8-17)10-20(11-15(19)12-21)16-4-2-3-14(18)9-16/h2-9,15,21H,10-12,19H2,1H3. The Kier molecular flexibility index (Phi) is 5.75. The van der Waals surface area contributed by atoms with Gasteiger partial charge in [-0.3, -0.25) is 0 Å². The minimum atomic E-state index is -0.387. The molecule has 5 heteroatoms. The molecule has 4 nitrogen and oxygen atoms in total. The van der Waals surface area contributed by atoms with Crippen LogP contribution >= 0.6 is 0 Å². The van der Waals surface area contributed by atoms with Crippen molar-refractivity contribution in [1.29, 1.82) is 0 Å². The Morgan fingerprint density at radius 2 is 1.95 bits per heavy atom. The summed E-state index contributed by atoms with van der Waals surface area (Å²) in [5.41, 5.74) is 7.63. The number of ether oxygens (including phenoxy) is 1. The van der Waals surface area contributed by atoms with Gasteiger partial charge in [-0.05, 0) is 35.9 Å². The predicted molar refractivity (Wildman–Crippen MR) is 85.5 cm³/mol. The summed E-state index contributed by atoms with van der Waals surface area (Å²) >= 11 is 0. The monoisotopic (exact) mass is 304 g/mol. The van der Waals surface area contributed by atoms with Crippen LogP contribution in [0, 0.1) is 5.82 Å². The number of hydrogen-bond acceptors (Lipinski definition) is 4. The van der Waals surface area contributed by atoms with E-state index in [4.69, 9.17) is 10.5 Å². The van der Waals surface area contributed by atoms with Crippen LogP contribution in [0.4, 0.5) is 10.1 Å². The summed E-state index contributed by atoms with van der Waals surface area (Å²) in [6.07, 6.45) is 0. The van der Waals surface area contributed by atoms with E-state index in [1.165, 1.54) is 12.1 Å². The maximum Gasteiger partial charge on any atom is 0.125 e. The van der Waals surface area contributed by atoms with Crippen LogP contribution < -0.4 is 15.4 Å². The number of hydrogen-bond donors (Lipinski definition) is 2. The SMILES string of the molecule is COc1ccc(CN(CC(N)CO)c2cccc(F)c2)cc1. The molecule has 0 amide bonds. The molecule has 1 unspecified atom stereocenters. The summed E-state index contributed by atoms with van der Waals surface area (Å²) in [4.78, 5) is 1.95. The lowest BCUT2D eigenvalue weighted by Gasteiger charge is -2.27. The highest BCUT2D eigenvalue weighted by Crippen LogP contribution is 2.20. The van der Waals surface area contributed by atoms with Crippen LogP contribution in [0.3, 0.4) is 0 Å². The minimum Gasteiger partial charge on any atom is -0.497 e. The fraction of sp³-hybridized carbons (Fsp3) is 0.294. The maximum absolute atomic E-state index is 13.5. The van der Waals surface area contributed by atoms with E-state index in [1.807, 2.05) is 35.2 Å². The first-order valence-electron chi connectivity index (χ1n) is 7.12. The number of halogens is 1. The van der Waals surface area contributed by atoms with E-state index in [0.29, 0.717) is 13.1 Å². The third-order valence-corrected chi connectivity index (χ3v) is 3.40. The highest BCUT2D eigenvalue weighted by molar-refractivity contribution is 5.47. The lowest BCUT2D eigenvalue weighted by molar-refractivity contribution is 0.266. The Balaban J connectivity index is 2.19. The third-order valence-electron chi connectivity index (χ3n) is 3.40. The average molecular weight is 304 g/mol. The van der Waals surface area contributed by atoms with Gasteiger partial charge in [0.05, 0.1) is 13.7 Å². The molecule has 0 fully saturated rings. The minimum absolute atomic E-state index is 0.117. The molecule has 0 aliphatic carbocycles. The fourth-order valence-corrected chi connectivity index (χ4v) is 2.23. The van der Waals surface area contributed by atoms with Crippen LogP contribution in [0.25, 0.3) is 0 Å². The van der Waals surface area contributed by atoms with E-state index in [2.05, 4.69) is 0 Å². The zero-order valence-corrected chi connectivity index (χ0v) is 12.6. The smallest absolute Gasteiger partial charge is 0.125 e. The number of aliphatic hydroxyl groups is 1. The molecular weight excluding hydrogens is 283 g/mol. The van der Waals surface area contributed by atoms with Crippen molar-refractivity contribution in [2.24, 2.45) is 5.73 Å². The van der Waals surface area contributed by atoms with Gasteiger partial charge in [-0.1, -0.05) is 18.2 Å². The van der Waals surface area contributed by atoms with Gasteiger partial charge in [0, 0.05) is 24.8 Å². The molecule has 0 bridgehead atoms. The van der Waals surface area contributed by atoms with Gasteiger partial charge in [0.15, 0.2) is 0 Å². The second kappa shape index (κ2) is 7.77. The zero-order chi connectivity index (χ0) is 15.9. The second-order valence-corrected chi connectivity index (χ2v) is 5.15. The fourth-order valence-electron chi connectivity index (χ4n) is 2.23. The van der Waals surface area contributed by atoms with Crippen molar-refractivity contribution >= 4 is 5.69 Å². The molecule has 0 heterocycles. The van der Waals surface area contributed by atoms with E-state index in [1.54, 1.807) is 13.2 Å². The highest BCUT2D eigenvalue weighted by Gasteiger charge is 2.12.